The zero-order chi connectivity index (χ0) is 11.9. The summed E-state index contributed by atoms with van der Waals surface area (Å²) in [6.45, 7) is 11.0. The van der Waals surface area contributed by atoms with Crippen molar-refractivity contribution < 1.29 is 13.6 Å². The maximum atomic E-state index is 12.2. The molecule has 2 atom stereocenters. The Bertz CT molecular complexity index is 196. The molecule has 0 bridgehead atoms. The highest BCUT2D eigenvalue weighted by Gasteiger charge is 2.28. The van der Waals surface area contributed by atoms with E-state index >= 15 is 0 Å². The molecule has 15 heavy (non-hydrogen) atoms. The Morgan fingerprint density at radius 1 is 1.00 bits per heavy atom. The van der Waals surface area contributed by atoms with E-state index in [-0.39, 0.29) is 0 Å². The van der Waals surface area contributed by atoms with Gasteiger partial charge in [-0.15, -0.1) is 0 Å². The van der Waals surface area contributed by atoms with E-state index in [2.05, 4.69) is 20.8 Å². The minimum atomic E-state index is -2.84. The fourth-order valence-electron chi connectivity index (χ4n) is 1.47. The summed E-state index contributed by atoms with van der Waals surface area (Å²) in [6.07, 6.45) is 1.63. The standard InChI is InChI=1S/C11H25O3P/c1-6-10(4)11(5)9-15(12,13-7-2)14-8-3/h10-11H,6-9H2,1-5H3. The molecule has 0 rings (SSSR count). The smallest absolute Gasteiger partial charge is 0.309 e. The summed E-state index contributed by atoms with van der Waals surface area (Å²) >= 11 is 0. The van der Waals surface area contributed by atoms with E-state index < -0.39 is 7.60 Å². The van der Waals surface area contributed by atoms with Crippen LogP contribution >= 0.6 is 7.60 Å². The molecule has 0 saturated carbocycles. The van der Waals surface area contributed by atoms with Crippen LogP contribution in [0.5, 0.6) is 0 Å². The third kappa shape index (κ3) is 5.70. The zero-order valence-corrected chi connectivity index (χ0v) is 11.5. The van der Waals surface area contributed by atoms with E-state index in [4.69, 9.17) is 9.05 Å². The minimum Gasteiger partial charge on any atom is -0.309 e. The van der Waals surface area contributed by atoms with Crippen molar-refractivity contribution in [1.29, 1.82) is 0 Å². The Morgan fingerprint density at radius 2 is 1.47 bits per heavy atom. The van der Waals surface area contributed by atoms with Crippen LogP contribution in [0.2, 0.25) is 0 Å². The second kappa shape index (κ2) is 7.43. The average molecular weight is 236 g/mol. The van der Waals surface area contributed by atoms with Gasteiger partial charge >= 0.3 is 7.60 Å². The van der Waals surface area contributed by atoms with Gasteiger partial charge in [-0.05, 0) is 25.7 Å². The lowest BCUT2D eigenvalue weighted by molar-refractivity contribution is 0.212. The topological polar surface area (TPSA) is 35.5 Å². The number of hydrogen-bond donors (Lipinski definition) is 0. The van der Waals surface area contributed by atoms with E-state index in [0.29, 0.717) is 31.2 Å². The van der Waals surface area contributed by atoms with Gasteiger partial charge in [0.2, 0.25) is 0 Å². The molecule has 0 aliphatic carbocycles. The van der Waals surface area contributed by atoms with Crippen molar-refractivity contribution in [2.45, 2.75) is 41.0 Å². The summed E-state index contributed by atoms with van der Waals surface area (Å²) < 4.78 is 22.7. The molecule has 4 heteroatoms. The van der Waals surface area contributed by atoms with Crippen LogP contribution in [-0.4, -0.2) is 19.4 Å². The van der Waals surface area contributed by atoms with Gasteiger partial charge in [0.25, 0.3) is 0 Å². The fraction of sp³-hybridized carbons (Fsp3) is 1.00. The van der Waals surface area contributed by atoms with Gasteiger partial charge in [0.05, 0.1) is 19.4 Å². The van der Waals surface area contributed by atoms with Crippen molar-refractivity contribution >= 4 is 7.60 Å². The molecule has 0 spiro atoms. The third-order valence-electron chi connectivity index (χ3n) is 2.78. The van der Waals surface area contributed by atoms with Gasteiger partial charge in [-0.25, -0.2) is 0 Å². The first-order chi connectivity index (χ1) is 6.99. The summed E-state index contributed by atoms with van der Waals surface area (Å²) in [5.41, 5.74) is 0. The highest BCUT2D eigenvalue weighted by atomic mass is 31.2. The zero-order valence-electron chi connectivity index (χ0n) is 10.7. The van der Waals surface area contributed by atoms with Gasteiger partial charge in [0.1, 0.15) is 0 Å². The second-order valence-electron chi connectivity index (χ2n) is 3.99. The van der Waals surface area contributed by atoms with Gasteiger partial charge in [-0.3, -0.25) is 4.57 Å². The molecule has 0 radical (unpaired) electrons. The summed E-state index contributed by atoms with van der Waals surface area (Å²) in [4.78, 5) is 0. The lowest BCUT2D eigenvalue weighted by Gasteiger charge is -2.24. The first-order valence-electron chi connectivity index (χ1n) is 5.87. The highest BCUT2D eigenvalue weighted by molar-refractivity contribution is 7.53. The fourth-order valence-corrected chi connectivity index (χ4v) is 3.61. The van der Waals surface area contributed by atoms with Crippen molar-refractivity contribution in [3.63, 3.8) is 0 Å². The summed E-state index contributed by atoms with van der Waals surface area (Å²) in [7, 11) is -2.84. The van der Waals surface area contributed by atoms with Crippen molar-refractivity contribution in [3.8, 4) is 0 Å². The van der Waals surface area contributed by atoms with Crippen LogP contribution in [-0.2, 0) is 13.6 Å². The lowest BCUT2D eigenvalue weighted by Crippen LogP contribution is -2.14. The normalized spacial score (nSPS) is 16.3. The summed E-state index contributed by atoms with van der Waals surface area (Å²) in [6, 6.07) is 0. The largest absolute Gasteiger partial charge is 0.330 e. The van der Waals surface area contributed by atoms with Gasteiger partial charge in [-0.2, -0.15) is 0 Å². The molecule has 0 saturated heterocycles. The van der Waals surface area contributed by atoms with Gasteiger partial charge < -0.3 is 9.05 Å². The molecule has 0 aliphatic heterocycles. The molecule has 0 aromatic rings. The molecular formula is C11H25O3P. The molecule has 3 nitrogen and oxygen atoms in total. The maximum absolute atomic E-state index is 12.2. The van der Waals surface area contributed by atoms with Crippen molar-refractivity contribution in [3.05, 3.63) is 0 Å². The van der Waals surface area contributed by atoms with Crippen LogP contribution in [0.4, 0.5) is 0 Å². The quantitative estimate of drug-likeness (QED) is 0.599. The SMILES string of the molecule is CCOP(=O)(CC(C)C(C)CC)OCC. The summed E-state index contributed by atoms with van der Waals surface area (Å²) in [5.74, 6) is 0.929. The maximum Gasteiger partial charge on any atom is 0.330 e. The van der Waals surface area contributed by atoms with E-state index in [1.807, 2.05) is 13.8 Å². The van der Waals surface area contributed by atoms with Crippen LogP contribution in [0.15, 0.2) is 0 Å². The second-order valence-corrected chi connectivity index (χ2v) is 6.10. The molecule has 0 aliphatic rings. The van der Waals surface area contributed by atoms with Crippen LogP contribution in [0, 0.1) is 11.8 Å². The van der Waals surface area contributed by atoms with Crippen molar-refractivity contribution in [2.24, 2.45) is 11.8 Å². The molecule has 2 unspecified atom stereocenters. The Balaban J connectivity index is 4.33. The van der Waals surface area contributed by atoms with Crippen LogP contribution in [0.1, 0.15) is 41.0 Å². The number of rotatable bonds is 8. The highest BCUT2D eigenvalue weighted by Crippen LogP contribution is 2.50. The first kappa shape index (κ1) is 15.2. The van der Waals surface area contributed by atoms with Crippen LogP contribution in [0.3, 0.4) is 0 Å². The van der Waals surface area contributed by atoms with E-state index in [9.17, 15) is 4.57 Å². The molecule has 0 aromatic heterocycles. The minimum absolute atomic E-state index is 0.374. The molecule has 0 N–H and O–H groups in total. The van der Waals surface area contributed by atoms with E-state index in [0.717, 1.165) is 6.42 Å². The molecule has 0 heterocycles. The number of hydrogen-bond acceptors (Lipinski definition) is 3. The predicted molar refractivity (Wildman–Crippen MR) is 64.3 cm³/mol. The molecule has 0 fully saturated rings. The van der Waals surface area contributed by atoms with E-state index in [1.54, 1.807) is 0 Å². The van der Waals surface area contributed by atoms with Gasteiger partial charge in [-0.1, -0.05) is 27.2 Å². The Hall–Kier alpha value is 0.150. The lowest BCUT2D eigenvalue weighted by atomic mass is 9.96. The predicted octanol–water partition coefficient (Wildman–Crippen LogP) is 3.93. The molecule has 0 amide bonds. The Morgan fingerprint density at radius 3 is 1.80 bits per heavy atom. The molecule has 92 valence electrons. The Kier molecular flexibility index (Phi) is 7.50. The van der Waals surface area contributed by atoms with Gasteiger partial charge in [0, 0.05) is 0 Å². The van der Waals surface area contributed by atoms with Crippen molar-refractivity contribution in [2.75, 3.05) is 19.4 Å². The Labute approximate surface area is 94.1 Å². The molecule has 0 aromatic carbocycles. The average Bonchev–Trinajstić information content (AvgIpc) is 2.16. The monoisotopic (exact) mass is 236 g/mol. The van der Waals surface area contributed by atoms with E-state index in [1.165, 1.54) is 0 Å². The molecular weight excluding hydrogens is 211 g/mol. The van der Waals surface area contributed by atoms with Crippen molar-refractivity contribution in [1.82, 2.24) is 0 Å². The van der Waals surface area contributed by atoms with Crippen LogP contribution in [0.25, 0.3) is 0 Å². The van der Waals surface area contributed by atoms with Gasteiger partial charge in [0.15, 0.2) is 0 Å². The summed E-state index contributed by atoms with van der Waals surface area (Å²) in [5, 5.41) is 0. The van der Waals surface area contributed by atoms with Crippen LogP contribution < -0.4 is 0 Å². The third-order valence-corrected chi connectivity index (χ3v) is 5.10. The first-order valence-corrected chi connectivity index (χ1v) is 7.60.